The molecule has 0 unspecified atom stereocenters. The van der Waals surface area contributed by atoms with Gasteiger partial charge in [0, 0.05) is 16.2 Å². The topological polar surface area (TPSA) is 22.0 Å². The Hall–Kier alpha value is -0.940. The third-order valence-electron chi connectivity index (χ3n) is 2.33. The lowest BCUT2D eigenvalue weighted by Crippen LogP contribution is -2.20. The van der Waals surface area contributed by atoms with Gasteiger partial charge < -0.3 is 4.57 Å². The van der Waals surface area contributed by atoms with E-state index in [2.05, 4.69) is 31.9 Å². The zero-order valence-corrected chi connectivity index (χ0v) is 11.8. The Labute approximate surface area is 114 Å². The number of hydrogen-bond donors (Lipinski definition) is 0. The van der Waals surface area contributed by atoms with E-state index in [9.17, 15) is 9.18 Å². The highest BCUT2D eigenvalue weighted by Gasteiger charge is 2.05. The molecule has 0 aliphatic heterocycles. The monoisotopic (exact) mass is 359 g/mol. The predicted octanol–water partition coefficient (Wildman–Crippen LogP) is 3.56. The van der Waals surface area contributed by atoms with Crippen LogP contribution >= 0.6 is 31.9 Å². The van der Waals surface area contributed by atoms with Gasteiger partial charge >= 0.3 is 0 Å². The summed E-state index contributed by atoms with van der Waals surface area (Å²) >= 11 is 6.35. The molecule has 0 fully saturated rings. The van der Waals surface area contributed by atoms with Crippen molar-refractivity contribution in [3.63, 3.8) is 0 Å². The molecule has 0 aliphatic carbocycles. The smallest absolute Gasteiger partial charge is 0.265 e. The zero-order chi connectivity index (χ0) is 12.4. The van der Waals surface area contributed by atoms with Gasteiger partial charge in [-0.1, -0.05) is 22.0 Å². The van der Waals surface area contributed by atoms with Crippen LogP contribution in [0.4, 0.5) is 4.39 Å². The highest BCUT2D eigenvalue weighted by atomic mass is 79.9. The number of nitrogens with zero attached hydrogens (tertiary/aromatic N) is 1. The van der Waals surface area contributed by atoms with Crippen LogP contribution in [-0.4, -0.2) is 4.57 Å². The molecule has 0 atom stereocenters. The SMILES string of the molecule is O=c1c(Br)cccn1Cc1ccc(Br)cc1F. The molecule has 0 spiro atoms. The number of pyridine rings is 1. The highest BCUT2D eigenvalue weighted by molar-refractivity contribution is 9.10. The van der Waals surface area contributed by atoms with E-state index in [1.165, 1.54) is 10.6 Å². The molecular weight excluding hydrogens is 353 g/mol. The maximum Gasteiger partial charge on any atom is 0.265 e. The van der Waals surface area contributed by atoms with Crippen LogP contribution in [0.3, 0.4) is 0 Å². The van der Waals surface area contributed by atoms with E-state index in [1.54, 1.807) is 30.5 Å². The molecular formula is C12H8Br2FNO. The summed E-state index contributed by atoms with van der Waals surface area (Å²) in [5.41, 5.74) is 0.309. The van der Waals surface area contributed by atoms with Gasteiger partial charge in [0.05, 0.1) is 11.0 Å². The predicted molar refractivity (Wildman–Crippen MR) is 71.6 cm³/mol. The Morgan fingerprint density at radius 2 is 2.00 bits per heavy atom. The second-order valence-corrected chi connectivity index (χ2v) is 5.29. The lowest BCUT2D eigenvalue weighted by Gasteiger charge is -2.07. The van der Waals surface area contributed by atoms with Gasteiger partial charge in [0.15, 0.2) is 0 Å². The number of aromatic nitrogens is 1. The van der Waals surface area contributed by atoms with Gasteiger partial charge in [0.1, 0.15) is 5.82 Å². The van der Waals surface area contributed by atoms with Gasteiger partial charge in [-0.25, -0.2) is 4.39 Å². The first-order chi connectivity index (χ1) is 8.08. The van der Waals surface area contributed by atoms with Crippen LogP contribution in [0.1, 0.15) is 5.56 Å². The first-order valence-electron chi connectivity index (χ1n) is 4.87. The van der Waals surface area contributed by atoms with Crippen LogP contribution in [0.25, 0.3) is 0 Å². The molecule has 2 rings (SSSR count). The highest BCUT2D eigenvalue weighted by Crippen LogP contribution is 2.16. The van der Waals surface area contributed by atoms with Gasteiger partial charge in [-0.3, -0.25) is 4.79 Å². The van der Waals surface area contributed by atoms with Gasteiger partial charge in [-0.2, -0.15) is 0 Å². The second kappa shape index (κ2) is 5.14. The number of rotatable bonds is 2. The molecule has 0 saturated heterocycles. The molecule has 0 saturated carbocycles. The van der Waals surface area contributed by atoms with Crippen molar-refractivity contribution >= 4 is 31.9 Å². The molecule has 2 nitrogen and oxygen atoms in total. The minimum absolute atomic E-state index is 0.171. The van der Waals surface area contributed by atoms with E-state index in [4.69, 9.17) is 0 Å². The fourth-order valence-electron chi connectivity index (χ4n) is 1.47. The molecule has 0 radical (unpaired) electrons. The largest absolute Gasteiger partial charge is 0.310 e. The standard InChI is InChI=1S/C12H8Br2FNO/c13-9-4-3-8(11(15)6-9)7-16-5-1-2-10(14)12(16)17/h1-6H,7H2. The average molecular weight is 361 g/mol. The van der Waals surface area contributed by atoms with E-state index in [1.807, 2.05) is 0 Å². The van der Waals surface area contributed by atoms with Gasteiger partial charge in [-0.05, 0) is 40.2 Å². The maximum absolute atomic E-state index is 13.6. The van der Waals surface area contributed by atoms with Gasteiger partial charge in [0.25, 0.3) is 5.56 Å². The van der Waals surface area contributed by atoms with Crippen molar-refractivity contribution in [1.29, 1.82) is 0 Å². The third kappa shape index (κ3) is 2.84. The molecule has 1 heterocycles. The van der Waals surface area contributed by atoms with E-state index in [0.717, 1.165) is 0 Å². The Bertz CT molecular complexity index is 610. The van der Waals surface area contributed by atoms with E-state index in [0.29, 0.717) is 14.5 Å². The number of benzene rings is 1. The molecule has 2 aromatic rings. The second-order valence-electron chi connectivity index (χ2n) is 3.52. The minimum Gasteiger partial charge on any atom is -0.310 e. The van der Waals surface area contributed by atoms with E-state index >= 15 is 0 Å². The van der Waals surface area contributed by atoms with Crippen molar-refractivity contribution < 1.29 is 4.39 Å². The lowest BCUT2D eigenvalue weighted by atomic mass is 10.2. The zero-order valence-electron chi connectivity index (χ0n) is 8.66. The molecule has 5 heteroatoms. The van der Waals surface area contributed by atoms with E-state index in [-0.39, 0.29) is 17.9 Å². The summed E-state index contributed by atoms with van der Waals surface area (Å²) in [6.45, 7) is 0.220. The molecule has 0 amide bonds. The summed E-state index contributed by atoms with van der Waals surface area (Å²) < 4.78 is 16.2. The molecule has 0 bridgehead atoms. The molecule has 1 aromatic carbocycles. The van der Waals surface area contributed by atoms with Crippen molar-refractivity contribution in [1.82, 2.24) is 4.57 Å². The first kappa shape index (κ1) is 12.5. The molecule has 17 heavy (non-hydrogen) atoms. The van der Waals surface area contributed by atoms with Crippen molar-refractivity contribution in [2.24, 2.45) is 0 Å². The van der Waals surface area contributed by atoms with Crippen LogP contribution in [-0.2, 0) is 6.54 Å². The quantitative estimate of drug-likeness (QED) is 0.802. The number of halogens is 3. The van der Waals surface area contributed by atoms with Gasteiger partial charge in [-0.15, -0.1) is 0 Å². The van der Waals surface area contributed by atoms with Crippen LogP contribution in [0.2, 0.25) is 0 Å². The maximum atomic E-state index is 13.6. The van der Waals surface area contributed by atoms with Crippen molar-refractivity contribution in [3.8, 4) is 0 Å². The third-order valence-corrected chi connectivity index (χ3v) is 3.43. The Morgan fingerprint density at radius 3 is 2.71 bits per heavy atom. The van der Waals surface area contributed by atoms with Crippen molar-refractivity contribution in [2.45, 2.75) is 6.54 Å². The fourth-order valence-corrected chi connectivity index (χ4v) is 2.18. The lowest BCUT2D eigenvalue weighted by molar-refractivity contribution is 0.595. The van der Waals surface area contributed by atoms with Crippen LogP contribution in [0.15, 0.2) is 50.3 Å². The van der Waals surface area contributed by atoms with Crippen LogP contribution < -0.4 is 5.56 Å². The minimum atomic E-state index is -0.328. The summed E-state index contributed by atoms with van der Waals surface area (Å²) in [6, 6.07) is 8.20. The van der Waals surface area contributed by atoms with Crippen molar-refractivity contribution in [3.05, 3.63) is 67.2 Å². The summed E-state index contributed by atoms with van der Waals surface area (Å²) in [5.74, 6) is -0.328. The van der Waals surface area contributed by atoms with Gasteiger partial charge in [0.2, 0.25) is 0 Å². The molecule has 1 aromatic heterocycles. The summed E-state index contributed by atoms with van der Waals surface area (Å²) in [7, 11) is 0. The number of hydrogen-bond acceptors (Lipinski definition) is 1. The fraction of sp³-hybridized carbons (Fsp3) is 0.0833. The Kier molecular flexibility index (Phi) is 3.79. The van der Waals surface area contributed by atoms with E-state index < -0.39 is 0 Å². The van der Waals surface area contributed by atoms with Crippen LogP contribution in [0.5, 0.6) is 0 Å². The normalized spacial score (nSPS) is 10.5. The summed E-state index contributed by atoms with van der Waals surface area (Å²) in [4.78, 5) is 11.7. The van der Waals surface area contributed by atoms with Crippen LogP contribution in [0, 0.1) is 5.82 Å². The Morgan fingerprint density at radius 1 is 1.24 bits per heavy atom. The Balaban J connectivity index is 2.38. The molecule has 0 aliphatic rings. The molecule has 0 N–H and O–H groups in total. The average Bonchev–Trinajstić information content (AvgIpc) is 2.28. The summed E-state index contributed by atoms with van der Waals surface area (Å²) in [5, 5.41) is 0. The van der Waals surface area contributed by atoms with Crippen molar-refractivity contribution in [2.75, 3.05) is 0 Å². The first-order valence-corrected chi connectivity index (χ1v) is 6.45. The molecule has 88 valence electrons. The summed E-state index contributed by atoms with van der Waals surface area (Å²) in [6.07, 6.45) is 1.63.